The average molecular weight is 733 g/mol. The molecule has 0 aliphatic rings. The van der Waals surface area contributed by atoms with Crippen molar-refractivity contribution in [2.24, 2.45) is 0 Å². The molecule has 0 amide bonds. The first kappa shape index (κ1) is 32.2. The molecule has 11 rings (SSSR count). The largest absolute Gasteiger partial charge is 0.308 e. The van der Waals surface area contributed by atoms with Crippen LogP contribution < -0.4 is 0 Å². The van der Waals surface area contributed by atoms with E-state index in [1.165, 1.54) is 42.1 Å². The predicted octanol–water partition coefficient (Wildman–Crippen LogP) is 13.7. The van der Waals surface area contributed by atoms with E-state index in [4.69, 9.17) is 15.0 Å². The quantitative estimate of drug-likeness (QED) is 0.171. The van der Waals surface area contributed by atoms with E-state index in [2.05, 4.69) is 180 Å². The third-order valence-electron chi connectivity index (χ3n) is 10.7. The van der Waals surface area contributed by atoms with Gasteiger partial charge >= 0.3 is 0 Å². The van der Waals surface area contributed by atoms with Crippen molar-refractivity contribution in [1.82, 2.24) is 19.5 Å². The Morgan fingerprint density at radius 1 is 0.339 bits per heavy atom. The molecule has 0 aliphatic carbocycles. The molecule has 56 heavy (non-hydrogen) atoms. The summed E-state index contributed by atoms with van der Waals surface area (Å²) < 4.78 is 4.80. The molecule has 0 spiro atoms. The van der Waals surface area contributed by atoms with Gasteiger partial charge in [0.15, 0.2) is 17.5 Å². The second-order valence-electron chi connectivity index (χ2n) is 14.0. The number of fused-ring (bicyclic) bond motifs is 6. The molecular formula is C51H32N4S. The third kappa shape index (κ3) is 5.40. The van der Waals surface area contributed by atoms with Gasteiger partial charge in [-0.2, -0.15) is 0 Å². The SMILES string of the molecule is c1ccc(-c2ccc(-c3nc(-c4ccccc4)nc(-c4cccc5c4sc4ccccc45)n3)c(-n3c4ccccc4c4cc(-c5ccccc5)ccc43)c2)cc1. The molecule has 0 N–H and O–H groups in total. The fourth-order valence-electron chi connectivity index (χ4n) is 8.01. The van der Waals surface area contributed by atoms with Crippen molar-refractivity contribution in [3.05, 3.63) is 194 Å². The molecule has 0 saturated carbocycles. The first-order valence-electron chi connectivity index (χ1n) is 18.8. The summed E-state index contributed by atoms with van der Waals surface area (Å²) in [6.07, 6.45) is 0. The Kier molecular flexibility index (Phi) is 7.64. The minimum atomic E-state index is 0.619. The summed E-state index contributed by atoms with van der Waals surface area (Å²) in [7, 11) is 0. The van der Waals surface area contributed by atoms with Crippen LogP contribution in [0.4, 0.5) is 0 Å². The lowest BCUT2D eigenvalue weighted by Crippen LogP contribution is -2.04. The van der Waals surface area contributed by atoms with Crippen LogP contribution in [0.3, 0.4) is 0 Å². The Morgan fingerprint density at radius 2 is 0.893 bits per heavy atom. The van der Waals surface area contributed by atoms with Gasteiger partial charge in [-0.1, -0.05) is 152 Å². The van der Waals surface area contributed by atoms with E-state index in [1.54, 1.807) is 11.3 Å². The van der Waals surface area contributed by atoms with Crippen LogP contribution in [0.1, 0.15) is 0 Å². The normalized spacial score (nSPS) is 11.6. The maximum atomic E-state index is 5.38. The van der Waals surface area contributed by atoms with Gasteiger partial charge in [0.05, 0.1) is 16.7 Å². The summed E-state index contributed by atoms with van der Waals surface area (Å²) in [5, 5.41) is 4.83. The third-order valence-corrected chi connectivity index (χ3v) is 11.9. The second kappa shape index (κ2) is 13.3. The molecule has 0 fully saturated rings. The Morgan fingerprint density at radius 3 is 1.64 bits per heavy atom. The summed E-state index contributed by atoms with van der Waals surface area (Å²) >= 11 is 1.78. The highest BCUT2D eigenvalue weighted by Crippen LogP contribution is 2.42. The molecule has 3 heterocycles. The summed E-state index contributed by atoms with van der Waals surface area (Å²) in [5.74, 6) is 1.91. The highest BCUT2D eigenvalue weighted by Gasteiger charge is 2.22. The molecule has 0 radical (unpaired) electrons. The molecule has 8 aromatic carbocycles. The van der Waals surface area contributed by atoms with Gasteiger partial charge in [-0.05, 0) is 64.7 Å². The van der Waals surface area contributed by atoms with E-state index in [-0.39, 0.29) is 0 Å². The van der Waals surface area contributed by atoms with E-state index >= 15 is 0 Å². The van der Waals surface area contributed by atoms with Crippen LogP contribution in [0.25, 0.3) is 104 Å². The molecule has 5 heteroatoms. The zero-order valence-electron chi connectivity index (χ0n) is 30.2. The van der Waals surface area contributed by atoms with Crippen LogP contribution >= 0.6 is 11.3 Å². The van der Waals surface area contributed by atoms with Crippen molar-refractivity contribution in [2.45, 2.75) is 0 Å². The summed E-state index contributed by atoms with van der Waals surface area (Å²) in [4.78, 5) is 15.8. The number of hydrogen-bond donors (Lipinski definition) is 0. The van der Waals surface area contributed by atoms with Crippen LogP contribution in [-0.4, -0.2) is 19.5 Å². The van der Waals surface area contributed by atoms with Gasteiger partial charge in [-0.15, -0.1) is 11.3 Å². The van der Waals surface area contributed by atoms with E-state index in [9.17, 15) is 0 Å². The topological polar surface area (TPSA) is 43.6 Å². The van der Waals surface area contributed by atoms with Gasteiger partial charge in [0.2, 0.25) is 0 Å². The molecule has 0 bridgehead atoms. The van der Waals surface area contributed by atoms with Crippen molar-refractivity contribution in [3.8, 4) is 62.1 Å². The summed E-state index contributed by atoms with van der Waals surface area (Å²) in [6, 6.07) is 68.6. The van der Waals surface area contributed by atoms with Crippen LogP contribution in [-0.2, 0) is 0 Å². The molecule has 0 aliphatic heterocycles. The smallest absolute Gasteiger partial charge is 0.166 e. The molecule has 4 nitrogen and oxygen atoms in total. The zero-order chi connectivity index (χ0) is 37.0. The zero-order valence-corrected chi connectivity index (χ0v) is 31.0. The molecule has 11 aromatic rings. The standard InChI is InChI=1S/C51H32N4S/c1-4-15-33(16-5-1)36-28-30-45-43(31-36)38-21-10-12-25-44(38)55(45)46-32-37(34-17-6-2-7-18-34)27-29-41(46)50-52-49(35-19-8-3-9-20-35)53-51(54-50)42-24-14-23-40-39-22-11-13-26-47(39)56-48(40)42/h1-32H. The lowest BCUT2D eigenvalue weighted by molar-refractivity contribution is 1.07. The molecule has 0 atom stereocenters. The second-order valence-corrected chi connectivity index (χ2v) is 15.1. The Labute approximate surface area is 327 Å². The monoisotopic (exact) mass is 732 g/mol. The number of benzene rings is 8. The summed E-state index contributed by atoms with van der Waals surface area (Å²) in [6.45, 7) is 0. The Balaban J connectivity index is 1.20. The van der Waals surface area contributed by atoms with Crippen molar-refractivity contribution in [2.75, 3.05) is 0 Å². The fraction of sp³-hybridized carbons (Fsp3) is 0. The van der Waals surface area contributed by atoms with Gasteiger partial charge in [0.25, 0.3) is 0 Å². The van der Waals surface area contributed by atoms with E-state index in [1.807, 2.05) is 18.2 Å². The average Bonchev–Trinajstić information content (AvgIpc) is 3.82. The van der Waals surface area contributed by atoms with Crippen molar-refractivity contribution < 1.29 is 0 Å². The number of aromatic nitrogens is 4. The van der Waals surface area contributed by atoms with Gasteiger partial charge in [0, 0.05) is 47.6 Å². The minimum absolute atomic E-state index is 0.619. The van der Waals surface area contributed by atoms with Crippen LogP contribution in [0.5, 0.6) is 0 Å². The van der Waals surface area contributed by atoms with Gasteiger partial charge in [-0.25, -0.2) is 15.0 Å². The lowest BCUT2D eigenvalue weighted by atomic mass is 10.0. The Bertz CT molecular complexity index is 3240. The Hall–Kier alpha value is -7.21. The van der Waals surface area contributed by atoms with Crippen molar-refractivity contribution in [1.29, 1.82) is 0 Å². The maximum Gasteiger partial charge on any atom is 0.166 e. The van der Waals surface area contributed by atoms with Gasteiger partial charge < -0.3 is 4.57 Å². The predicted molar refractivity (Wildman–Crippen MR) is 234 cm³/mol. The maximum absolute atomic E-state index is 5.38. The van der Waals surface area contributed by atoms with E-state index in [0.717, 1.165) is 44.5 Å². The number of nitrogens with zero attached hydrogens (tertiary/aromatic N) is 4. The number of para-hydroxylation sites is 1. The number of thiophene rings is 1. The van der Waals surface area contributed by atoms with Crippen LogP contribution in [0.15, 0.2) is 194 Å². The molecule has 262 valence electrons. The first-order valence-corrected chi connectivity index (χ1v) is 19.6. The molecule has 0 saturated heterocycles. The molecular weight excluding hydrogens is 701 g/mol. The highest BCUT2D eigenvalue weighted by atomic mass is 32.1. The van der Waals surface area contributed by atoms with Crippen molar-refractivity contribution in [3.63, 3.8) is 0 Å². The van der Waals surface area contributed by atoms with Crippen LogP contribution in [0.2, 0.25) is 0 Å². The number of hydrogen-bond acceptors (Lipinski definition) is 4. The number of rotatable bonds is 6. The lowest BCUT2D eigenvalue weighted by Gasteiger charge is -2.16. The van der Waals surface area contributed by atoms with Crippen molar-refractivity contribution >= 4 is 53.3 Å². The minimum Gasteiger partial charge on any atom is -0.308 e. The van der Waals surface area contributed by atoms with E-state index in [0.29, 0.717) is 17.5 Å². The first-order chi connectivity index (χ1) is 27.8. The molecule has 3 aromatic heterocycles. The fourth-order valence-corrected chi connectivity index (χ4v) is 9.23. The van der Waals surface area contributed by atoms with E-state index < -0.39 is 0 Å². The summed E-state index contributed by atoms with van der Waals surface area (Å²) in [5.41, 5.74) is 10.7. The molecule has 0 unspecified atom stereocenters. The van der Waals surface area contributed by atoms with Gasteiger partial charge in [0.1, 0.15) is 0 Å². The van der Waals surface area contributed by atoms with Crippen LogP contribution in [0, 0.1) is 0 Å². The highest BCUT2D eigenvalue weighted by molar-refractivity contribution is 7.26. The van der Waals surface area contributed by atoms with Gasteiger partial charge in [-0.3, -0.25) is 0 Å².